The highest BCUT2D eigenvalue weighted by molar-refractivity contribution is 7.13. The molecule has 0 spiro atoms. The number of benzene rings is 1. The van der Waals surface area contributed by atoms with Gasteiger partial charge < -0.3 is 16.2 Å². The zero-order chi connectivity index (χ0) is 37.2. The molecule has 0 saturated heterocycles. The summed E-state index contributed by atoms with van der Waals surface area (Å²) in [6.45, 7) is 8.93. The number of hydrogen-bond donors (Lipinski definition) is 3. The van der Waals surface area contributed by atoms with Gasteiger partial charge in [0, 0.05) is 41.4 Å². The van der Waals surface area contributed by atoms with E-state index in [1.807, 2.05) is 48.8 Å². The molecule has 5 rings (SSSR count). The molecule has 1 fully saturated rings. The highest BCUT2D eigenvalue weighted by Crippen LogP contribution is 2.41. The number of aldehydes is 1. The standard InChI is InChI=1S/C32H43N3O3.C9H12OS.CH5N/c1-2-4-23-5-3-6-25(11-7-23)26-14-16-27(17-15-26)29-21-34-32(35-22-29)28-12-8-24(9-13-28)10-18-30(36)33-20-19-31(37)38;1-9(2,3)8-5-4-7(6-10)11-8;1-2/h8-9,12-13,16,21-23,25-26H,2-7,10-11,14-15,17-20H2,1H3,(H,33,36)(H,37,38);4-6H,1-3H3;2H2,1H3. The van der Waals surface area contributed by atoms with Crippen molar-refractivity contribution in [3.8, 4) is 11.4 Å². The van der Waals surface area contributed by atoms with Crippen LogP contribution < -0.4 is 11.1 Å². The number of rotatable bonds is 12. The van der Waals surface area contributed by atoms with Crippen LogP contribution in [0, 0.1) is 17.8 Å². The lowest BCUT2D eigenvalue weighted by molar-refractivity contribution is -0.136. The number of aromatic nitrogens is 2. The Morgan fingerprint density at radius 2 is 1.67 bits per heavy atom. The minimum Gasteiger partial charge on any atom is -0.481 e. The van der Waals surface area contributed by atoms with Crippen molar-refractivity contribution in [2.24, 2.45) is 23.5 Å². The van der Waals surface area contributed by atoms with Gasteiger partial charge in [-0.25, -0.2) is 9.97 Å². The van der Waals surface area contributed by atoms with Crippen LogP contribution in [0.2, 0.25) is 0 Å². The first-order chi connectivity index (χ1) is 24.5. The first-order valence-electron chi connectivity index (χ1n) is 18.8. The number of aliphatic carboxylic acids is 1. The Morgan fingerprint density at radius 1 is 0.941 bits per heavy atom. The van der Waals surface area contributed by atoms with Gasteiger partial charge in [0.1, 0.15) is 0 Å². The van der Waals surface area contributed by atoms with Crippen LogP contribution in [0.4, 0.5) is 0 Å². The minimum absolute atomic E-state index is 0.0585. The maximum atomic E-state index is 11.9. The summed E-state index contributed by atoms with van der Waals surface area (Å²) < 4.78 is 0. The van der Waals surface area contributed by atoms with Crippen LogP contribution in [0.1, 0.15) is 130 Å². The molecule has 0 radical (unpaired) electrons. The van der Waals surface area contributed by atoms with Crippen molar-refractivity contribution >= 4 is 35.1 Å². The van der Waals surface area contributed by atoms with E-state index in [4.69, 9.17) is 5.11 Å². The normalized spacial score (nSPS) is 18.9. The molecule has 0 bridgehead atoms. The third-order valence-corrected chi connectivity index (χ3v) is 11.4. The molecule has 278 valence electrons. The molecule has 3 atom stereocenters. The predicted octanol–water partition coefficient (Wildman–Crippen LogP) is 9.28. The van der Waals surface area contributed by atoms with Gasteiger partial charge in [-0.3, -0.25) is 14.4 Å². The van der Waals surface area contributed by atoms with Gasteiger partial charge in [-0.15, -0.1) is 11.3 Å². The Kier molecular flexibility index (Phi) is 17.7. The summed E-state index contributed by atoms with van der Waals surface area (Å²) in [5, 5.41) is 11.3. The summed E-state index contributed by atoms with van der Waals surface area (Å²) in [7, 11) is 1.50. The second-order valence-electron chi connectivity index (χ2n) is 14.7. The fraction of sp³-hybridized carbons (Fsp3) is 0.548. The van der Waals surface area contributed by atoms with Crippen LogP contribution in [0.15, 0.2) is 54.9 Å². The molecule has 1 amide bonds. The van der Waals surface area contributed by atoms with Gasteiger partial charge in [0.05, 0.1) is 11.3 Å². The monoisotopic (exact) mass is 716 g/mol. The Bertz CT molecular complexity index is 1530. The number of nitrogens with one attached hydrogen (secondary N) is 1. The van der Waals surface area contributed by atoms with Crippen molar-refractivity contribution in [1.29, 1.82) is 0 Å². The van der Waals surface area contributed by atoms with Gasteiger partial charge >= 0.3 is 5.97 Å². The van der Waals surface area contributed by atoms with E-state index >= 15 is 0 Å². The van der Waals surface area contributed by atoms with Gasteiger partial charge in [0.25, 0.3) is 0 Å². The number of carbonyl (C=O) groups excluding carboxylic acids is 2. The number of amides is 1. The molecule has 1 aromatic carbocycles. The summed E-state index contributed by atoms with van der Waals surface area (Å²) in [4.78, 5) is 44.2. The van der Waals surface area contributed by atoms with E-state index in [-0.39, 0.29) is 24.3 Å². The van der Waals surface area contributed by atoms with Crippen molar-refractivity contribution in [2.75, 3.05) is 13.6 Å². The molecule has 3 unspecified atom stereocenters. The fourth-order valence-corrected chi connectivity index (χ4v) is 7.94. The lowest BCUT2D eigenvalue weighted by Crippen LogP contribution is -2.26. The zero-order valence-electron chi connectivity index (χ0n) is 31.5. The van der Waals surface area contributed by atoms with Gasteiger partial charge in [-0.1, -0.05) is 96.6 Å². The highest BCUT2D eigenvalue weighted by Gasteiger charge is 2.27. The quantitative estimate of drug-likeness (QED) is 0.126. The number of carbonyl (C=O) groups is 3. The molecule has 3 aromatic rings. The third kappa shape index (κ3) is 14.1. The van der Waals surface area contributed by atoms with Crippen LogP contribution in [0.5, 0.6) is 0 Å². The van der Waals surface area contributed by atoms with Gasteiger partial charge in [0.2, 0.25) is 5.91 Å². The van der Waals surface area contributed by atoms with E-state index in [0.29, 0.717) is 18.7 Å². The average molecular weight is 717 g/mol. The van der Waals surface area contributed by atoms with Crippen LogP contribution in [0.3, 0.4) is 0 Å². The molecule has 2 aliphatic rings. The van der Waals surface area contributed by atoms with Crippen molar-refractivity contribution in [3.05, 3.63) is 75.7 Å². The lowest BCUT2D eigenvalue weighted by atomic mass is 9.76. The Labute approximate surface area is 309 Å². The van der Waals surface area contributed by atoms with Gasteiger partial charge in [-0.05, 0) is 85.6 Å². The van der Waals surface area contributed by atoms with Crippen LogP contribution in [0.25, 0.3) is 17.0 Å². The van der Waals surface area contributed by atoms with Crippen LogP contribution >= 0.6 is 11.3 Å². The average Bonchev–Trinajstić information content (AvgIpc) is 3.53. The molecule has 2 heterocycles. The maximum Gasteiger partial charge on any atom is 0.305 e. The van der Waals surface area contributed by atoms with Crippen molar-refractivity contribution in [1.82, 2.24) is 15.3 Å². The number of thiophene rings is 1. The number of carboxylic acids is 1. The molecule has 8 nitrogen and oxygen atoms in total. The Balaban J connectivity index is 0.000000457. The van der Waals surface area contributed by atoms with Gasteiger partial charge in [-0.2, -0.15) is 0 Å². The number of carboxylic acid groups (broad SMARTS) is 1. The minimum atomic E-state index is -0.911. The summed E-state index contributed by atoms with van der Waals surface area (Å²) >= 11 is 1.57. The molecule has 9 heteroatoms. The number of nitrogens with zero attached hydrogens (tertiary/aromatic N) is 2. The molecule has 2 aromatic heterocycles. The smallest absolute Gasteiger partial charge is 0.305 e. The fourth-order valence-electron chi connectivity index (χ4n) is 7.06. The summed E-state index contributed by atoms with van der Waals surface area (Å²) in [5.74, 6) is 2.38. The predicted molar refractivity (Wildman–Crippen MR) is 210 cm³/mol. The molecule has 0 aliphatic heterocycles. The lowest BCUT2D eigenvalue weighted by Gasteiger charge is -2.29. The molecule has 1 saturated carbocycles. The number of nitrogens with two attached hydrogens (primary N) is 1. The molecule has 2 aliphatic carbocycles. The number of aryl methyl sites for hydroxylation is 1. The van der Waals surface area contributed by atoms with Crippen molar-refractivity contribution in [3.63, 3.8) is 0 Å². The summed E-state index contributed by atoms with van der Waals surface area (Å²) in [6, 6.07) is 11.9. The van der Waals surface area contributed by atoms with E-state index in [1.165, 1.54) is 75.3 Å². The maximum absolute atomic E-state index is 11.9. The summed E-state index contributed by atoms with van der Waals surface area (Å²) in [5.41, 5.74) is 9.21. The van der Waals surface area contributed by atoms with E-state index in [9.17, 15) is 14.4 Å². The Hall–Kier alpha value is -3.69. The Morgan fingerprint density at radius 3 is 2.24 bits per heavy atom. The third-order valence-electron chi connectivity index (χ3n) is 9.97. The van der Waals surface area contributed by atoms with Crippen molar-refractivity contribution in [2.45, 2.75) is 117 Å². The molecule has 4 N–H and O–H groups in total. The van der Waals surface area contributed by atoms with Gasteiger partial charge in [0.15, 0.2) is 12.1 Å². The highest BCUT2D eigenvalue weighted by atomic mass is 32.1. The van der Waals surface area contributed by atoms with E-state index in [1.54, 1.807) is 11.3 Å². The van der Waals surface area contributed by atoms with Crippen LogP contribution in [-0.4, -0.2) is 46.8 Å². The first kappa shape index (κ1) is 41.7. The largest absolute Gasteiger partial charge is 0.481 e. The second-order valence-corrected chi connectivity index (χ2v) is 15.9. The molecule has 51 heavy (non-hydrogen) atoms. The number of allylic oxidation sites excluding steroid dienone is 2. The molecular formula is C42H60N4O4S. The van der Waals surface area contributed by atoms with E-state index in [0.717, 1.165) is 52.0 Å². The second kappa shape index (κ2) is 21.6. The zero-order valence-corrected chi connectivity index (χ0v) is 32.3. The van der Waals surface area contributed by atoms with Crippen molar-refractivity contribution < 1.29 is 19.5 Å². The SMILES string of the molecule is CC(C)(C)c1ccc(C=O)s1.CCCC1CCCC(C2CC=C(c3cnc(-c4ccc(CCC(=O)NCCC(=O)O)cc4)nc3)CC2)CC1.CN. The van der Waals surface area contributed by atoms with E-state index in [2.05, 4.69) is 54.8 Å². The first-order valence-corrected chi connectivity index (χ1v) is 19.6. The molecular weight excluding hydrogens is 657 g/mol. The summed E-state index contributed by atoms with van der Waals surface area (Å²) in [6.07, 6.45) is 21.7. The van der Waals surface area contributed by atoms with E-state index < -0.39 is 5.97 Å². The van der Waals surface area contributed by atoms with Crippen LogP contribution in [-0.2, 0) is 21.4 Å². The number of hydrogen-bond acceptors (Lipinski definition) is 7. The topological polar surface area (TPSA) is 135 Å².